The Morgan fingerprint density at radius 1 is 0.818 bits per heavy atom. The molecule has 1 fully saturated rings. The number of phenolic OH excluding ortho intramolecular Hbond substituents is 6. The van der Waals surface area contributed by atoms with Crippen molar-refractivity contribution in [2.45, 2.75) is 23.4 Å². The number of Topliss-reactive ketones (excluding diaryl/α,β-unsaturated/α-hetero) is 2. The van der Waals surface area contributed by atoms with Gasteiger partial charge in [-0.15, -0.1) is 0 Å². The van der Waals surface area contributed by atoms with E-state index in [9.17, 15) is 60.7 Å². The first-order chi connectivity index (χ1) is 15.3. The van der Waals surface area contributed by atoms with Gasteiger partial charge < -0.3 is 55.8 Å². The van der Waals surface area contributed by atoms with Crippen molar-refractivity contribution in [3.8, 4) is 34.5 Å². The molecule has 1 aliphatic rings. The van der Waals surface area contributed by atoms with E-state index in [-0.39, 0.29) is 0 Å². The van der Waals surface area contributed by atoms with Crippen LogP contribution in [0.2, 0.25) is 0 Å². The average molecular weight is 468 g/mol. The highest BCUT2D eigenvalue weighted by atomic mass is 16.5. The van der Waals surface area contributed by atoms with E-state index in [1.54, 1.807) is 0 Å². The standard InChI is InChI=1S/C20H20O13/c21-5-13-20(32,17(29)8-3-11(24)15(27)12(25)4-8)18(30)19(31,6-33-13)16(28)7-1-9(22)14(26)10(23)2-7/h1-4,13,18,21-27,30-32H,5-6H2/t13-,18-,19-,20+/m1/s1. The molecule has 13 nitrogen and oxygen atoms in total. The van der Waals surface area contributed by atoms with Crippen molar-refractivity contribution >= 4 is 11.6 Å². The first-order valence-corrected chi connectivity index (χ1v) is 9.23. The largest absolute Gasteiger partial charge is 0.504 e. The molecule has 178 valence electrons. The van der Waals surface area contributed by atoms with E-state index >= 15 is 0 Å². The number of aliphatic hydroxyl groups excluding tert-OH is 2. The van der Waals surface area contributed by atoms with E-state index in [4.69, 9.17) is 4.74 Å². The highest BCUT2D eigenvalue weighted by Crippen LogP contribution is 2.42. The summed E-state index contributed by atoms with van der Waals surface area (Å²) in [4.78, 5) is 26.0. The number of aromatic hydroxyl groups is 6. The molecular weight excluding hydrogens is 448 g/mol. The molecule has 0 aromatic heterocycles. The lowest BCUT2D eigenvalue weighted by atomic mass is 9.71. The number of hydrogen-bond donors (Lipinski definition) is 10. The Hall–Kier alpha value is -3.62. The van der Waals surface area contributed by atoms with Gasteiger partial charge in [-0.2, -0.15) is 0 Å². The molecular formula is C20H20O13. The van der Waals surface area contributed by atoms with Crippen LogP contribution < -0.4 is 0 Å². The lowest BCUT2D eigenvalue weighted by molar-refractivity contribution is -0.249. The summed E-state index contributed by atoms with van der Waals surface area (Å²) in [6, 6.07) is 2.50. The molecule has 0 aliphatic carbocycles. The normalized spacial score (nSPS) is 27.3. The number of phenols is 6. The fraction of sp³-hybridized carbons (Fsp3) is 0.300. The SMILES string of the molecule is O=C(c1cc(O)c(O)c(O)c1)[C@@]1(O)[C@@H](CO)OC[C@@](O)(C(=O)c2cc(O)c(O)c(O)c2)[C@H]1O. The summed E-state index contributed by atoms with van der Waals surface area (Å²) >= 11 is 0. The Labute approximate surface area is 184 Å². The molecule has 0 bridgehead atoms. The molecule has 0 radical (unpaired) electrons. The number of hydrogen-bond acceptors (Lipinski definition) is 13. The first kappa shape index (κ1) is 24.0. The Balaban J connectivity index is 2.10. The van der Waals surface area contributed by atoms with Crippen LogP contribution >= 0.6 is 0 Å². The molecule has 1 aliphatic heterocycles. The van der Waals surface area contributed by atoms with Gasteiger partial charge >= 0.3 is 0 Å². The van der Waals surface area contributed by atoms with Gasteiger partial charge in [0.15, 0.2) is 57.3 Å². The minimum atomic E-state index is -3.23. The van der Waals surface area contributed by atoms with Crippen molar-refractivity contribution in [2.24, 2.45) is 0 Å². The van der Waals surface area contributed by atoms with Crippen molar-refractivity contribution in [3.63, 3.8) is 0 Å². The van der Waals surface area contributed by atoms with Gasteiger partial charge in [-0.05, 0) is 24.3 Å². The molecule has 0 unspecified atom stereocenters. The number of ketones is 2. The van der Waals surface area contributed by atoms with Gasteiger partial charge in [-0.1, -0.05) is 0 Å². The van der Waals surface area contributed by atoms with Crippen molar-refractivity contribution in [1.82, 2.24) is 0 Å². The van der Waals surface area contributed by atoms with Gasteiger partial charge in [-0.25, -0.2) is 0 Å². The van der Waals surface area contributed by atoms with Gasteiger partial charge in [-0.3, -0.25) is 9.59 Å². The van der Waals surface area contributed by atoms with Crippen molar-refractivity contribution in [3.05, 3.63) is 35.4 Å². The Bertz CT molecular complexity index is 1080. The molecule has 13 heteroatoms. The van der Waals surface area contributed by atoms with Crippen LogP contribution in [-0.4, -0.2) is 99.3 Å². The topological polar surface area (TPSA) is 246 Å². The molecule has 0 saturated carbocycles. The van der Waals surface area contributed by atoms with E-state index in [2.05, 4.69) is 0 Å². The number of rotatable bonds is 5. The lowest BCUT2D eigenvalue weighted by Gasteiger charge is -2.48. The number of carbonyl (C=O) groups excluding carboxylic acids is 2. The molecule has 2 aromatic carbocycles. The predicted octanol–water partition coefficient (Wildman–Crippen LogP) is -1.80. The maximum absolute atomic E-state index is 13.1. The molecule has 1 saturated heterocycles. The van der Waals surface area contributed by atoms with E-state index < -0.39 is 93.8 Å². The van der Waals surface area contributed by atoms with Gasteiger partial charge in [0.1, 0.15) is 12.2 Å². The van der Waals surface area contributed by atoms with Crippen LogP contribution in [0.5, 0.6) is 34.5 Å². The summed E-state index contributed by atoms with van der Waals surface area (Å²) in [5.74, 6) is -8.79. The van der Waals surface area contributed by atoms with Crippen LogP contribution in [0.3, 0.4) is 0 Å². The first-order valence-electron chi connectivity index (χ1n) is 9.23. The zero-order valence-corrected chi connectivity index (χ0v) is 16.6. The summed E-state index contributed by atoms with van der Waals surface area (Å²) in [7, 11) is 0. The fourth-order valence-corrected chi connectivity index (χ4v) is 3.58. The second-order valence-corrected chi connectivity index (χ2v) is 7.52. The Morgan fingerprint density at radius 2 is 1.21 bits per heavy atom. The second kappa shape index (κ2) is 8.06. The molecule has 2 aromatic rings. The third kappa shape index (κ3) is 3.57. The minimum Gasteiger partial charge on any atom is -0.504 e. The van der Waals surface area contributed by atoms with Gasteiger partial charge in [0.05, 0.1) is 13.2 Å². The second-order valence-electron chi connectivity index (χ2n) is 7.52. The van der Waals surface area contributed by atoms with Crippen LogP contribution in [0, 0.1) is 0 Å². The number of benzene rings is 2. The number of carbonyl (C=O) groups is 2. The smallest absolute Gasteiger partial charge is 0.200 e. The van der Waals surface area contributed by atoms with Gasteiger partial charge in [0.25, 0.3) is 0 Å². The summed E-state index contributed by atoms with van der Waals surface area (Å²) in [6.07, 6.45) is -4.58. The van der Waals surface area contributed by atoms with E-state index in [0.29, 0.717) is 24.3 Å². The zero-order valence-electron chi connectivity index (χ0n) is 16.6. The summed E-state index contributed by atoms with van der Waals surface area (Å²) in [5.41, 5.74) is -7.64. The van der Waals surface area contributed by atoms with Crippen molar-refractivity contribution < 1.29 is 65.4 Å². The zero-order chi connectivity index (χ0) is 24.9. The molecule has 33 heavy (non-hydrogen) atoms. The summed E-state index contributed by atoms with van der Waals surface area (Å²) in [6.45, 7) is -2.14. The highest BCUT2D eigenvalue weighted by molar-refractivity contribution is 6.08. The van der Waals surface area contributed by atoms with Crippen LogP contribution in [0.1, 0.15) is 20.7 Å². The van der Waals surface area contributed by atoms with Crippen molar-refractivity contribution in [1.29, 1.82) is 0 Å². The Morgan fingerprint density at radius 3 is 1.61 bits per heavy atom. The van der Waals surface area contributed by atoms with Crippen LogP contribution in [-0.2, 0) is 4.74 Å². The van der Waals surface area contributed by atoms with Gasteiger partial charge in [0, 0.05) is 11.1 Å². The molecule has 4 atom stereocenters. The van der Waals surface area contributed by atoms with Crippen LogP contribution in [0.4, 0.5) is 0 Å². The van der Waals surface area contributed by atoms with E-state index in [0.717, 1.165) is 0 Å². The fourth-order valence-electron chi connectivity index (χ4n) is 3.58. The molecule has 1 heterocycles. The quantitative estimate of drug-likeness (QED) is 0.172. The molecule has 3 rings (SSSR count). The lowest BCUT2D eigenvalue weighted by Crippen LogP contribution is -2.74. The predicted molar refractivity (Wildman–Crippen MR) is 104 cm³/mol. The third-order valence-electron chi connectivity index (χ3n) is 5.45. The van der Waals surface area contributed by atoms with Gasteiger partial charge in [0.2, 0.25) is 0 Å². The highest BCUT2D eigenvalue weighted by Gasteiger charge is 2.64. The van der Waals surface area contributed by atoms with Crippen LogP contribution in [0.25, 0.3) is 0 Å². The van der Waals surface area contributed by atoms with Crippen molar-refractivity contribution in [2.75, 3.05) is 13.2 Å². The van der Waals surface area contributed by atoms with Crippen LogP contribution in [0.15, 0.2) is 24.3 Å². The van der Waals surface area contributed by atoms with E-state index in [1.165, 1.54) is 0 Å². The summed E-state index contributed by atoms with van der Waals surface area (Å²) < 4.78 is 5.08. The maximum atomic E-state index is 13.1. The monoisotopic (exact) mass is 468 g/mol. The van der Waals surface area contributed by atoms with E-state index in [1.807, 2.05) is 0 Å². The number of ether oxygens (including phenoxy) is 1. The average Bonchev–Trinajstić information content (AvgIpc) is 2.77. The minimum absolute atomic E-state index is 0.613. The Kier molecular flexibility index (Phi) is 5.87. The molecule has 10 N–H and O–H groups in total. The molecule has 0 amide bonds. The maximum Gasteiger partial charge on any atom is 0.200 e. The number of aliphatic hydroxyl groups is 4. The third-order valence-corrected chi connectivity index (χ3v) is 5.45. The summed E-state index contributed by atoms with van der Waals surface area (Å²) in [5, 5.41) is 99.9. The molecule has 0 spiro atoms.